The van der Waals surface area contributed by atoms with Gasteiger partial charge in [0.25, 0.3) is 0 Å². The van der Waals surface area contributed by atoms with Gasteiger partial charge in [0.2, 0.25) is 0 Å². The molecule has 1 atom stereocenters. The molecule has 0 saturated carbocycles. The van der Waals surface area contributed by atoms with Crippen LogP contribution in [0.3, 0.4) is 0 Å². The van der Waals surface area contributed by atoms with E-state index in [1.807, 2.05) is 19.1 Å². The van der Waals surface area contributed by atoms with E-state index in [9.17, 15) is 0 Å². The number of imidazole rings is 1. The number of rotatable bonds is 2. The quantitative estimate of drug-likeness (QED) is 0.783. The van der Waals surface area contributed by atoms with Crippen LogP contribution in [0.15, 0.2) is 18.3 Å². The van der Waals surface area contributed by atoms with Gasteiger partial charge in [0, 0.05) is 32.4 Å². The van der Waals surface area contributed by atoms with Crippen molar-refractivity contribution in [2.75, 3.05) is 38.2 Å². The van der Waals surface area contributed by atoms with E-state index in [0.29, 0.717) is 0 Å². The molecule has 2 aromatic rings. The van der Waals surface area contributed by atoms with Crippen LogP contribution in [0.4, 0.5) is 0 Å². The first-order valence-electron chi connectivity index (χ1n) is 6.58. The Bertz CT molecular complexity index is 571. The Morgan fingerprint density at radius 3 is 2.68 bits per heavy atom. The molecular formula is C13H18ClN5. The van der Waals surface area contributed by atoms with Gasteiger partial charge in [-0.3, -0.25) is 0 Å². The van der Waals surface area contributed by atoms with Crippen molar-refractivity contribution in [2.24, 2.45) is 0 Å². The Morgan fingerprint density at radius 1 is 1.26 bits per heavy atom. The van der Waals surface area contributed by atoms with Gasteiger partial charge in [-0.1, -0.05) is 0 Å². The molecule has 0 amide bonds. The number of fused-ring (bicyclic) bond motifs is 1. The summed E-state index contributed by atoms with van der Waals surface area (Å²) in [6.45, 7) is 5.98. The molecule has 1 aliphatic rings. The first-order chi connectivity index (χ1) is 9.16. The van der Waals surface area contributed by atoms with Crippen molar-refractivity contribution < 1.29 is 0 Å². The maximum atomic E-state index is 6.28. The second kappa shape index (κ2) is 4.98. The number of piperazine rings is 1. The lowest BCUT2D eigenvalue weighted by atomic mass is 10.4. The van der Waals surface area contributed by atoms with Crippen LogP contribution in [-0.4, -0.2) is 52.8 Å². The zero-order valence-corrected chi connectivity index (χ0v) is 12.0. The fourth-order valence-corrected chi connectivity index (χ4v) is 2.59. The first kappa shape index (κ1) is 12.7. The first-order valence-corrected chi connectivity index (χ1v) is 7.01. The van der Waals surface area contributed by atoms with Crippen LogP contribution >= 0.6 is 11.6 Å². The second-order valence-corrected chi connectivity index (χ2v) is 5.66. The van der Waals surface area contributed by atoms with Crippen LogP contribution in [0.2, 0.25) is 0 Å². The molecule has 0 aromatic carbocycles. The van der Waals surface area contributed by atoms with E-state index in [-0.39, 0.29) is 5.38 Å². The van der Waals surface area contributed by atoms with Gasteiger partial charge < -0.3 is 9.91 Å². The average Bonchev–Trinajstić information content (AvgIpc) is 2.79. The highest BCUT2D eigenvalue weighted by atomic mass is 35.5. The highest BCUT2D eigenvalue weighted by molar-refractivity contribution is 6.20. The van der Waals surface area contributed by atoms with Gasteiger partial charge in [0.15, 0.2) is 5.65 Å². The molecule has 102 valence electrons. The predicted octanol–water partition coefficient (Wildman–Crippen LogP) is 1.61. The summed E-state index contributed by atoms with van der Waals surface area (Å²) in [5.41, 5.74) is 1.80. The van der Waals surface area contributed by atoms with Crippen LogP contribution in [-0.2, 0) is 0 Å². The van der Waals surface area contributed by atoms with Gasteiger partial charge in [-0.25, -0.2) is 14.6 Å². The van der Waals surface area contributed by atoms with Gasteiger partial charge >= 0.3 is 0 Å². The Morgan fingerprint density at radius 2 is 2.00 bits per heavy atom. The van der Waals surface area contributed by atoms with E-state index in [0.717, 1.165) is 43.2 Å². The van der Waals surface area contributed by atoms with Crippen molar-refractivity contribution in [3.05, 3.63) is 24.2 Å². The lowest BCUT2D eigenvalue weighted by Crippen LogP contribution is -2.50. The Kier molecular flexibility index (Phi) is 3.33. The van der Waals surface area contributed by atoms with Gasteiger partial charge in [0.05, 0.1) is 5.38 Å². The summed E-state index contributed by atoms with van der Waals surface area (Å²) in [5, 5.41) is 2.16. The minimum absolute atomic E-state index is 0.131. The van der Waals surface area contributed by atoms with Gasteiger partial charge in [-0.05, 0) is 26.1 Å². The van der Waals surface area contributed by atoms with Crippen molar-refractivity contribution in [1.29, 1.82) is 0 Å². The third-order valence-electron chi connectivity index (χ3n) is 3.54. The zero-order chi connectivity index (χ0) is 13.4. The number of halogens is 1. The topological polar surface area (TPSA) is 37.2 Å². The highest BCUT2D eigenvalue weighted by Gasteiger charge is 2.22. The number of aromatic nitrogens is 3. The van der Waals surface area contributed by atoms with Crippen LogP contribution < -0.4 is 5.01 Å². The molecule has 0 aliphatic carbocycles. The molecule has 1 aliphatic heterocycles. The van der Waals surface area contributed by atoms with E-state index in [1.165, 1.54) is 0 Å². The molecule has 3 heterocycles. The maximum absolute atomic E-state index is 6.28. The number of nitrogens with zero attached hydrogens (tertiary/aromatic N) is 5. The highest BCUT2D eigenvalue weighted by Crippen LogP contribution is 2.23. The Hall–Kier alpha value is -1.33. The lowest BCUT2D eigenvalue weighted by molar-refractivity contribution is 0.287. The number of hydrogen-bond acceptors (Lipinski definition) is 4. The van der Waals surface area contributed by atoms with Crippen LogP contribution in [0.5, 0.6) is 0 Å². The van der Waals surface area contributed by atoms with Gasteiger partial charge in [-0.2, -0.15) is 0 Å². The molecule has 1 unspecified atom stereocenters. The van der Waals surface area contributed by atoms with E-state index in [2.05, 4.69) is 31.6 Å². The summed E-state index contributed by atoms with van der Waals surface area (Å²) in [5.74, 6) is 0.875. The van der Waals surface area contributed by atoms with Gasteiger partial charge in [-0.15, -0.1) is 11.6 Å². The molecule has 5 nitrogen and oxygen atoms in total. The predicted molar refractivity (Wildman–Crippen MR) is 77.2 cm³/mol. The minimum Gasteiger partial charge on any atom is -0.307 e. The standard InChI is InChI=1S/C13H18ClN5/c1-10(14)12-16-11-4-3-5-15-13(11)19(12)18-8-6-17(2)7-9-18/h3-5,10H,6-9H2,1-2H3. The second-order valence-electron chi connectivity index (χ2n) is 5.00. The smallest absolute Gasteiger partial charge is 0.179 e. The third kappa shape index (κ3) is 2.28. The molecule has 2 aromatic heterocycles. The summed E-state index contributed by atoms with van der Waals surface area (Å²) >= 11 is 6.28. The minimum atomic E-state index is -0.131. The van der Waals surface area contributed by atoms with Crippen molar-refractivity contribution >= 4 is 22.8 Å². The van der Waals surface area contributed by atoms with E-state index in [1.54, 1.807) is 6.20 Å². The fourth-order valence-electron chi connectivity index (χ4n) is 2.45. The van der Waals surface area contributed by atoms with E-state index < -0.39 is 0 Å². The van der Waals surface area contributed by atoms with Gasteiger partial charge in [0.1, 0.15) is 11.3 Å². The molecule has 0 spiro atoms. The summed E-state index contributed by atoms with van der Waals surface area (Å²) in [6, 6.07) is 3.89. The third-order valence-corrected chi connectivity index (χ3v) is 3.73. The molecule has 0 N–H and O–H groups in total. The Labute approximate surface area is 117 Å². The number of pyridine rings is 1. The van der Waals surface area contributed by atoms with Crippen molar-refractivity contribution in [2.45, 2.75) is 12.3 Å². The van der Waals surface area contributed by atoms with Crippen molar-refractivity contribution in [3.63, 3.8) is 0 Å². The van der Waals surface area contributed by atoms with Crippen molar-refractivity contribution in [3.8, 4) is 0 Å². The maximum Gasteiger partial charge on any atom is 0.179 e. The summed E-state index contributed by atoms with van der Waals surface area (Å²) < 4.78 is 2.10. The molecule has 0 radical (unpaired) electrons. The largest absolute Gasteiger partial charge is 0.307 e. The zero-order valence-electron chi connectivity index (χ0n) is 11.3. The van der Waals surface area contributed by atoms with Crippen LogP contribution in [0.25, 0.3) is 11.2 Å². The molecular weight excluding hydrogens is 262 g/mol. The molecule has 1 fully saturated rings. The number of alkyl halides is 1. The molecule has 3 rings (SSSR count). The number of hydrogen-bond donors (Lipinski definition) is 0. The summed E-state index contributed by atoms with van der Waals surface area (Å²) in [6.07, 6.45) is 1.80. The summed E-state index contributed by atoms with van der Waals surface area (Å²) in [4.78, 5) is 11.4. The monoisotopic (exact) mass is 279 g/mol. The Balaban J connectivity index is 2.07. The summed E-state index contributed by atoms with van der Waals surface area (Å²) in [7, 11) is 2.15. The average molecular weight is 280 g/mol. The van der Waals surface area contributed by atoms with Crippen molar-refractivity contribution in [1.82, 2.24) is 19.5 Å². The SMILES string of the molecule is CC(Cl)c1nc2cccnc2n1N1CCN(C)CC1. The van der Waals surface area contributed by atoms with Crippen LogP contribution in [0, 0.1) is 0 Å². The molecule has 19 heavy (non-hydrogen) atoms. The van der Waals surface area contributed by atoms with Crippen LogP contribution in [0.1, 0.15) is 18.1 Å². The fraction of sp³-hybridized carbons (Fsp3) is 0.538. The van der Waals surface area contributed by atoms with E-state index in [4.69, 9.17) is 11.6 Å². The van der Waals surface area contributed by atoms with E-state index >= 15 is 0 Å². The molecule has 6 heteroatoms. The lowest BCUT2D eigenvalue weighted by Gasteiger charge is -2.35. The number of likely N-dealkylation sites (N-methyl/N-ethyl adjacent to an activating group) is 1. The normalized spacial score (nSPS) is 19.0. The molecule has 1 saturated heterocycles. The molecule has 0 bridgehead atoms.